The molecule has 96 valence electrons. The van der Waals surface area contributed by atoms with Crippen LogP contribution in [0.3, 0.4) is 0 Å². The Labute approximate surface area is 106 Å². The maximum absolute atomic E-state index is 5.33. The van der Waals surface area contributed by atoms with E-state index >= 15 is 0 Å². The van der Waals surface area contributed by atoms with Gasteiger partial charge in [-0.25, -0.2) is 0 Å². The van der Waals surface area contributed by atoms with Crippen LogP contribution in [0.15, 0.2) is 24.3 Å². The first-order chi connectivity index (χ1) is 8.34. The smallest absolute Gasteiger partial charge is 0.0594 e. The number of hydrogen-bond donors (Lipinski definition) is 0. The summed E-state index contributed by atoms with van der Waals surface area (Å²) >= 11 is 0. The van der Waals surface area contributed by atoms with Crippen molar-refractivity contribution in [1.82, 2.24) is 4.90 Å². The second kappa shape index (κ2) is 8.26. The lowest BCUT2D eigenvalue weighted by atomic mass is 10.1. The second-order valence-corrected chi connectivity index (χ2v) is 4.19. The highest BCUT2D eigenvalue weighted by molar-refractivity contribution is 5.21. The maximum Gasteiger partial charge on any atom is 0.0594 e. The molecule has 0 unspecified atom stereocenters. The quantitative estimate of drug-likeness (QED) is 0.799. The van der Waals surface area contributed by atoms with Crippen molar-refractivity contribution in [3.8, 4) is 0 Å². The predicted octanol–water partition coefficient (Wildman–Crippen LogP) is 2.90. The molecule has 1 aromatic carbocycles. The van der Waals surface area contributed by atoms with Crippen molar-refractivity contribution >= 4 is 0 Å². The molecule has 1 aliphatic heterocycles. The van der Waals surface area contributed by atoms with Crippen LogP contribution in [0.4, 0.5) is 0 Å². The summed E-state index contributed by atoms with van der Waals surface area (Å²) in [5.74, 6) is 0. The van der Waals surface area contributed by atoms with E-state index in [1.54, 1.807) is 0 Å². The molecule has 0 N–H and O–H groups in total. The lowest BCUT2D eigenvalue weighted by Crippen LogP contribution is -2.37. The van der Waals surface area contributed by atoms with E-state index in [-0.39, 0.29) is 0 Å². The van der Waals surface area contributed by atoms with E-state index < -0.39 is 0 Å². The minimum absolute atomic E-state index is 0.897. The van der Waals surface area contributed by atoms with Gasteiger partial charge in [-0.1, -0.05) is 43.7 Å². The zero-order chi connectivity index (χ0) is 12.5. The van der Waals surface area contributed by atoms with Gasteiger partial charge >= 0.3 is 0 Å². The van der Waals surface area contributed by atoms with Crippen molar-refractivity contribution in [2.24, 2.45) is 0 Å². The fourth-order valence-electron chi connectivity index (χ4n) is 1.87. The normalized spacial score (nSPS) is 16.2. The molecule has 0 saturated carbocycles. The van der Waals surface area contributed by atoms with Crippen LogP contribution in [0.2, 0.25) is 0 Å². The van der Waals surface area contributed by atoms with E-state index in [0.29, 0.717) is 0 Å². The van der Waals surface area contributed by atoms with Crippen LogP contribution in [0.1, 0.15) is 25.0 Å². The van der Waals surface area contributed by atoms with Crippen LogP contribution >= 0.6 is 0 Å². The molecule has 0 radical (unpaired) electrons. The number of rotatable bonds is 3. The van der Waals surface area contributed by atoms with Crippen molar-refractivity contribution in [2.45, 2.75) is 27.2 Å². The van der Waals surface area contributed by atoms with Crippen molar-refractivity contribution < 1.29 is 4.74 Å². The third-order valence-corrected chi connectivity index (χ3v) is 2.94. The standard InChI is InChI=1S/C13H19NO.C2H6/c1-12-2-4-13(5-3-12)6-7-14-8-10-15-11-9-14;1-2/h2-5H,6-11H2,1H3;1-2H3. The zero-order valence-electron chi connectivity index (χ0n) is 11.4. The molecule has 2 nitrogen and oxygen atoms in total. The number of morpholine rings is 1. The van der Waals surface area contributed by atoms with Gasteiger partial charge in [-0.2, -0.15) is 0 Å². The van der Waals surface area contributed by atoms with Crippen LogP contribution in [-0.4, -0.2) is 37.7 Å². The Morgan fingerprint density at radius 2 is 1.65 bits per heavy atom. The van der Waals surface area contributed by atoms with Gasteiger partial charge in [0.05, 0.1) is 13.2 Å². The summed E-state index contributed by atoms with van der Waals surface area (Å²) in [6, 6.07) is 8.84. The molecular formula is C15H25NO. The number of nitrogens with zero attached hydrogens (tertiary/aromatic N) is 1. The average molecular weight is 235 g/mol. The third-order valence-electron chi connectivity index (χ3n) is 2.94. The first kappa shape index (κ1) is 14.2. The van der Waals surface area contributed by atoms with Gasteiger partial charge in [-0.05, 0) is 18.9 Å². The van der Waals surface area contributed by atoms with E-state index in [0.717, 1.165) is 39.3 Å². The first-order valence-electron chi connectivity index (χ1n) is 6.70. The van der Waals surface area contributed by atoms with E-state index in [1.165, 1.54) is 11.1 Å². The van der Waals surface area contributed by atoms with E-state index in [1.807, 2.05) is 13.8 Å². The lowest BCUT2D eigenvalue weighted by molar-refractivity contribution is 0.0384. The first-order valence-corrected chi connectivity index (χ1v) is 6.70. The fourth-order valence-corrected chi connectivity index (χ4v) is 1.87. The molecular weight excluding hydrogens is 210 g/mol. The molecule has 1 fully saturated rings. The van der Waals surface area contributed by atoms with Crippen molar-refractivity contribution in [3.05, 3.63) is 35.4 Å². The topological polar surface area (TPSA) is 12.5 Å². The highest BCUT2D eigenvalue weighted by Crippen LogP contribution is 2.05. The minimum atomic E-state index is 0.897. The summed E-state index contributed by atoms with van der Waals surface area (Å²) in [4.78, 5) is 2.48. The molecule has 1 aliphatic rings. The molecule has 17 heavy (non-hydrogen) atoms. The monoisotopic (exact) mass is 235 g/mol. The van der Waals surface area contributed by atoms with Gasteiger partial charge in [-0.15, -0.1) is 0 Å². The fraction of sp³-hybridized carbons (Fsp3) is 0.600. The van der Waals surface area contributed by atoms with Gasteiger partial charge in [0.25, 0.3) is 0 Å². The predicted molar refractivity (Wildman–Crippen MR) is 73.5 cm³/mol. The SMILES string of the molecule is CC.Cc1ccc(CCN2CCOCC2)cc1. The molecule has 0 aromatic heterocycles. The van der Waals surface area contributed by atoms with Gasteiger partial charge in [0, 0.05) is 19.6 Å². The van der Waals surface area contributed by atoms with Crippen molar-refractivity contribution in [3.63, 3.8) is 0 Å². The molecule has 1 heterocycles. The van der Waals surface area contributed by atoms with Gasteiger partial charge in [0.2, 0.25) is 0 Å². The van der Waals surface area contributed by atoms with Crippen LogP contribution in [0.25, 0.3) is 0 Å². The largest absolute Gasteiger partial charge is 0.379 e. The number of ether oxygens (including phenoxy) is 1. The Balaban J connectivity index is 0.000000686. The van der Waals surface area contributed by atoms with Crippen LogP contribution in [0, 0.1) is 6.92 Å². The highest BCUT2D eigenvalue weighted by Gasteiger charge is 2.09. The number of hydrogen-bond acceptors (Lipinski definition) is 2. The Kier molecular flexibility index (Phi) is 6.90. The minimum Gasteiger partial charge on any atom is -0.379 e. The van der Waals surface area contributed by atoms with Crippen LogP contribution in [-0.2, 0) is 11.2 Å². The van der Waals surface area contributed by atoms with Gasteiger partial charge in [0.1, 0.15) is 0 Å². The molecule has 2 heteroatoms. The molecule has 1 saturated heterocycles. The van der Waals surface area contributed by atoms with E-state index in [2.05, 4.69) is 36.1 Å². The number of aryl methyl sites for hydroxylation is 1. The summed E-state index contributed by atoms with van der Waals surface area (Å²) in [5, 5.41) is 0. The Bertz CT molecular complexity index is 288. The van der Waals surface area contributed by atoms with Gasteiger partial charge in [-0.3, -0.25) is 4.90 Å². The maximum atomic E-state index is 5.33. The summed E-state index contributed by atoms with van der Waals surface area (Å²) in [6.07, 6.45) is 1.15. The van der Waals surface area contributed by atoms with Crippen LogP contribution in [0.5, 0.6) is 0 Å². The molecule has 0 spiro atoms. The molecule has 0 aliphatic carbocycles. The average Bonchev–Trinajstić information content (AvgIpc) is 2.42. The van der Waals surface area contributed by atoms with Crippen molar-refractivity contribution in [1.29, 1.82) is 0 Å². The molecule has 1 aromatic rings. The summed E-state index contributed by atoms with van der Waals surface area (Å²) < 4.78 is 5.33. The summed E-state index contributed by atoms with van der Waals surface area (Å²) in [6.45, 7) is 11.3. The van der Waals surface area contributed by atoms with Gasteiger partial charge in [0.15, 0.2) is 0 Å². The molecule has 0 amide bonds. The van der Waals surface area contributed by atoms with E-state index in [4.69, 9.17) is 4.74 Å². The zero-order valence-corrected chi connectivity index (χ0v) is 11.4. The molecule has 2 rings (SSSR count). The van der Waals surface area contributed by atoms with Crippen LogP contribution < -0.4 is 0 Å². The molecule has 0 bridgehead atoms. The number of benzene rings is 1. The Morgan fingerprint density at radius 3 is 2.24 bits per heavy atom. The highest BCUT2D eigenvalue weighted by atomic mass is 16.5. The summed E-state index contributed by atoms with van der Waals surface area (Å²) in [5.41, 5.74) is 2.78. The molecule has 0 atom stereocenters. The Hall–Kier alpha value is -0.860. The third kappa shape index (κ3) is 5.33. The second-order valence-electron chi connectivity index (χ2n) is 4.19. The Morgan fingerprint density at radius 1 is 1.06 bits per heavy atom. The lowest BCUT2D eigenvalue weighted by Gasteiger charge is -2.26. The van der Waals surface area contributed by atoms with E-state index in [9.17, 15) is 0 Å². The van der Waals surface area contributed by atoms with Gasteiger partial charge < -0.3 is 4.74 Å². The van der Waals surface area contributed by atoms with Crippen molar-refractivity contribution in [2.75, 3.05) is 32.8 Å². The summed E-state index contributed by atoms with van der Waals surface area (Å²) in [7, 11) is 0.